The quantitative estimate of drug-likeness (QED) is 0.776. The Morgan fingerprint density at radius 1 is 1.62 bits per heavy atom. The third kappa shape index (κ3) is 2.44. The number of hydrogen-bond donors (Lipinski definition) is 1. The van der Waals surface area contributed by atoms with Crippen molar-refractivity contribution in [3.05, 3.63) is 11.9 Å². The van der Waals surface area contributed by atoms with Crippen LogP contribution < -0.4 is 5.32 Å². The summed E-state index contributed by atoms with van der Waals surface area (Å²) in [5.74, 6) is 0.364. The van der Waals surface area contributed by atoms with Crippen molar-refractivity contribution in [2.45, 2.75) is 19.8 Å². The molecule has 1 aromatic heterocycles. The first-order valence-electron chi connectivity index (χ1n) is 4.48. The van der Waals surface area contributed by atoms with Crippen molar-refractivity contribution in [3.8, 4) is 0 Å². The summed E-state index contributed by atoms with van der Waals surface area (Å²) in [7, 11) is 1.87. The first-order chi connectivity index (χ1) is 6.15. The maximum absolute atomic E-state index is 11.9. The number of alkyl halides is 1. The smallest absolute Gasteiger partial charge is 0.107 e. The van der Waals surface area contributed by atoms with E-state index in [-0.39, 0.29) is 6.67 Å². The molecule has 0 aliphatic heterocycles. The second kappa shape index (κ2) is 4.25. The molecule has 1 heterocycles. The van der Waals surface area contributed by atoms with Gasteiger partial charge >= 0.3 is 0 Å². The van der Waals surface area contributed by atoms with E-state index in [1.165, 1.54) is 0 Å². The van der Waals surface area contributed by atoms with Crippen LogP contribution in [0.3, 0.4) is 0 Å². The Morgan fingerprint density at radius 2 is 2.31 bits per heavy atom. The van der Waals surface area contributed by atoms with Gasteiger partial charge in [-0.15, -0.1) is 0 Å². The molecule has 0 aliphatic rings. The summed E-state index contributed by atoms with van der Waals surface area (Å²) < 4.78 is 13.7. The number of nitrogens with zero attached hydrogens (tertiary/aromatic N) is 2. The minimum Gasteiger partial charge on any atom is -0.380 e. The molecule has 0 aliphatic carbocycles. The zero-order chi connectivity index (χ0) is 9.84. The van der Waals surface area contributed by atoms with Crippen molar-refractivity contribution in [1.82, 2.24) is 9.78 Å². The van der Waals surface area contributed by atoms with Gasteiger partial charge in [0.05, 0.1) is 11.4 Å². The van der Waals surface area contributed by atoms with Crippen LogP contribution in [0.2, 0.25) is 0 Å². The molecule has 0 bridgehead atoms. The molecule has 1 rings (SSSR count). The van der Waals surface area contributed by atoms with Gasteiger partial charge in [0.2, 0.25) is 0 Å². The van der Waals surface area contributed by atoms with Crippen LogP contribution in [-0.2, 0) is 7.05 Å². The van der Waals surface area contributed by atoms with Crippen molar-refractivity contribution in [1.29, 1.82) is 0 Å². The average Bonchev–Trinajstić information content (AvgIpc) is 2.43. The summed E-state index contributed by atoms with van der Waals surface area (Å²) in [5, 5.41) is 7.30. The Bertz CT molecular complexity index is 268. The normalized spacial score (nSPS) is 10.8. The van der Waals surface area contributed by atoms with Crippen LogP contribution in [0.15, 0.2) is 6.20 Å². The van der Waals surface area contributed by atoms with Crippen LogP contribution in [0, 0.1) is 0 Å². The highest BCUT2D eigenvalue weighted by Crippen LogP contribution is 2.21. The maximum Gasteiger partial charge on any atom is 0.107 e. The minimum absolute atomic E-state index is 0.353. The number of nitrogens with one attached hydrogen (secondary N) is 1. The zero-order valence-electron chi connectivity index (χ0n) is 8.34. The molecule has 0 radical (unpaired) electrons. The van der Waals surface area contributed by atoms with Gasteiger partial charge in [-0.3, -0.25) is 4.68 Å². The van der Waals surface area contributed by atoms with Crippen LogP contribution in [-0.4, -0.2) is 23.0 Å². The van der Waals surface area contributed by atoms with E-state index in [2.05, 4.69) is 24.3 Å². The number of aromatic nitrogens is 2. The largest absolute Gasteiger partial charge is 0.380 e. The Hall–Kier alpha value is -1.06. The third-order valence-corrected chi connectivity index (χ3v) is 1.81. The maximum atomic E-state index is 11.9. The summed E-state index contributed by atoms with van der Waals surface area (Å²) in [4.78, 5) is 0. The van der Waals surface area contributed by atoms with Crippen molar-refractivity contribution >= 4 is 5.69 Å². The summed E-state index contributed by atoms with van der Waals surface area (Å²) in [5.41, 5.74) is 1.94. The predicted molar refractivity (Wildman–Crippen MR) is 51.8 cm³/mol. The molecule has 0 atom stereocenters. The second-order valence-corrected chi connectivity index (χ2v) is 3.37. The molecular formula is C9H16FN3. The van der Waals surface area contributed by atoms with Gasteiger partial charge in [-0.05, 0) is 5.92 Å². The van der Waals surface area contributed by atoms with E-state index < -0.39 is 0 Å². The van der Waals surface area contributed by atoms with E-state index in [4.69, 9.17) is 0 Å². The highest BCUT2D eigenvalue weighted by atomic mass is 19.1. The van der Waals surface area contributed by atoms with Gasteiger partial charge in [-0.2, -0.15) is 5.10 Å². The number of aryl methyl sites for hydroxylation is 1. The van der Waals surface area contributed by atoms with Gasteiger partial charge in [0.15, 0.2) is 0 Å². The average molecular weight is 185 g/mol. The number of halogens is 1. The first-order valence-corrected chi connectivity index (χ1v) is 4.48. The lowest BCUT2D eigenvalue weighted by Crippen LogP contribution is -2.04. The van der Waals surface area contributed by atoms with Crippen molar-refractivity contribution in [2.75, 3.05) is 18.5 Å². The van der Waals surface area contributed by atoms with Crippen LogP contribution in [0.5, 0.6) is 0 Å². The molecule has 13 heavy (non-hydrogen) atoms. The highest BCUT2D eigenvalue weighted by molar-refractivity contribution is 5.47. The molecule has 0 saturated heterocycles. The van der Waals surface area contributed by atoms with E-state index in [1.807, 2.05) is 13.2 Å². The minimum atomic E-state index is -0.355. The fraction of sp³-hybridized carbons (Fsp3) is 0.667. The van der Waals surface area contributed by atoms with Gasteiger partial charge < -0.3 is 5.32 Å². The topological polar surface area (TPSA) is 29.9 Å². The summed E-state index contributed by atoms with van der Waals surface area (Å²) in [6, 6.07) is 0. The SMILES string of the molecule is CC(C)c1nn(C)cc1NCCF. The number of hydrogen-bond acceptors (Lipinski definition) is 2. The number of anilines is 1. The molecule has 3 nitrogen and oxygen atoms in total. The third-order valence-electron chi connectivity index (χ3n) is 1.81. The summed E-state index contributed by atoms with van der Waals surface area (Å²) in [6.07, 6.45) is 1.88. The molecule has 0 saturated carbocycles. The summed E-state index contributed by atoms with van der Waals surface area (Å²) in [6.45, 7) is 4.14. The first kappa shape index (κ1) is 10.0. The van der Waals surface area contributed by atoms with Gasteiger partial charge in [0, 0.05) is 19.8 Å². The standard InChI is InChI=1S/C9H16FN3/c1-7(2)9-8(11-5-4-10)6-13(3)12-9/h6-7,11H,4-5H2,1-3H3. The van der Waals surface area contributed by atoms with Crippen molar-refractivity contribution in [3.63, 3.8) is 0 Å². The Balaban J connectivity index is 2.78. The monoisotopic (exact) mass is 185 g/mol. The van der Waals surface area contributed by atoms with Crippen LogP contribution in [0.1, 0.15) is 25.5 Å². The van der Waals surface area contributed by atoms with E-state index in [0.717, 1.165) is 11.4 Å². The lowest BCUT2D eigenvalue weighted by atomic mass is 10.1. The lowest BCUT2D eigenvalue weighted by molar-refractivity contribution is 0.512. The second-order valence-electron chi connectivity index (χ2n) is 3.37. The molecule has 0 amide bonds. The molecule has 1 aromatic rings. The molecule has 0 fully saturated rings. The number of rotatable bonds is 4. The fourth-order valence-corrected chi connectivity index (χ4v) is 1.25. The molecule has 1 N–H and O–H groups in total. The van der Waals surface area contributed by atoms with Gasteiger partial charge in [-0.1, -0.05) is 13.8 Å². The van der Waals surface area contributed by atoms with Crippen molar-refractivity contribution in [2.24, 2.45) is 7.05 Å². The van der Waals surface area contributed by atoms with Gasteiger partial charge in [-0.25, -0.2) is 4.39 Å². The molecule has 0 spiro atoms. The van der Waals surface area contributed by atoms with Gasteiger partial charge in [0.25, 0.3) is 0 Å². The highest BCUT2D eigenvalue weighted by Gasteiger charge is 2.10. The van der Waals surface area contributed by atoms with E-state index in [0.29, 0.717) is 12.5 Å². The molecule has 0 aromatic carbocycles. The zero-order valence-corrected chi connectivity index (χ0v) is 8.34. The van der Waals surface area contributed by atoms with Crippen LogP contribution >= 0.6 is 0 Å². The molecule has 74 valence electrons. The van der Waals surface area contributed by atoms with E-state index >= 15 is 0 Å². The van der Waals surface area contributed by atoms with E-state index in [9.17, 15) is 4.39 Å². The van der Waals surface area contributed by atoms with E-state index in [1.54, 1.807) is 4.68 Å². The van der Waals surface area contributed by atoms with Gasteiger partial charge in [0.1, 0.15) is 6.67 Å². The Morgan fingerprint density at radius 3 is 2.85 bits per heavy atom. The molecule has 0 unspecified atom stereocenters. The lowest BCUT2D eigenvalue weighted by Gasteiger charge is -2.05. The van der Waals surface area contributed by atoms with Crippen LogP contribution in [0.4, 0.5) is 10.1 Å². The summed E-state index contributed by atoms with van der Waals surface area (Å²) >= 11 is 0. The fourth-order valence-electron chi connectivity index (χ4n) is 1.25. The van der Waals surface area contributed by atoms with Crippen molar-refractivity contribution < 1.29 is 4.39 Å². The van der Waals surface area contributed by atoms with Crippen LogP contribution in [0.25, 0.3) is 0 Å². The predicted octanol–water partition coefficient (Wildman–Crippen LogP) is 1.92. The molecule has 4 heteroatoms. The Labute approximate surface area is 77.9 Å². The Kier molecular flexibility index (Phi) is 3.28. The molecular weight excluding hydrogens is 169 g/mol.